The van der Waals surface area contributed by atoms with Gasteiger partial charge in [-0.15, -0.1) is 11.3 Å². The van der Waals surface area contributed by atoms with Gasteiger partial charge in [0.25, 0.3) is 0 Å². The third-order valence-electron chi connectivity index (χ3n) is 3.93. The monoisotopic (exact) mass is 356 g/mol. The topological polar surface area (TPSA) is 42.2 Å². The molecule has 0 aliphatic heterocycles. The molecule has 3 heterocycles. The molecule has 0 amide bonds. The van der Waals surface area contributed by atoms with Gasteiger partial charge in [-0.25, -0.2) is 13.8 Å². The van der Waals surface area contributed by atoms with Crippen molar-refractivity contribution >= 4 is 27.8 Å². The van der Waals surface area contributed by atoms with E-state index in [4.69, 9.17) is 0 Å². The molecule has 1 N–H and O–H groups in total. The van der Waals surface area contributed by atoms with E-state index in [2.05, 4.69) is 22.2 Å². The average Bonchev–Trinajstić information content (AvgIpc) is 3.17. The van der Waals surface area contributed by atoms with Crippen LogP contribution >= 0.6 is 11.3 Å². The van der Waals surface area contributed by atoms with Gasteiger partial charge in [0.15, 0.2) is 10.8 Å². The molecule has 0 spiro atoms. The standard InChI is InChI=1S/C18H14F2N4S/c1-2-13-10-25-18-23-16(14-7-8-21-9-15(14)20)17(24(13)18)22-12-5-3-11(19)4-6-12/h3-10,22H,2H2,1H3. The number of imidazole rings is 1. The van der Waals surface area contributed by atoms with Crippen molar-refractivity contribution in [1.29, 1.82) is 0 Å². The Kier molecular flexibility index (Phi) is 3.93. The number of thiazole rings is 1. The minimum absolute atomic E-state index is 0.311. The molecule has 4 nitrogen and oxygen atoms in total. The normalized spacial score (nSPS) is 11.2. The molecule has 0 aliphatic rings. The summed E-state index contributed by atoms with van der Waals surface area (Å²) in [7, 11) is 0. The number of fused-ring (bicyclic) bond motifs is 1. The highest BCUT2D eigenvalue weighted by molar-refractivity contribution is 7.15. The van der Waals surface area contributed by atoms with E-state index in [-0.39, 0.29) is 5.82 Å². The number of hydrogen-bond donors (Lipinski definition) is 1. The van der Waals surface area contributed by atoms with E-state index >= 15 is 0 Å². The zero-order chi connectivity index (χ0) is 17.4. The Morgan fingerprint density at radius 1 is 1.16 bits per heavy atom. The number of rotatable bonds is 4. The zero-order valence-electron chi connectivity index (χ0n) is 13.3. The van der Waals surface area contributed by atoms with Gasteiger partial charge in [0.05, 0.1) is 6.20 Å². The van der Waals surface area contributed by atoms with Gasteiger partial charge >= 0.3 is 0 Å². The van der Waals surface area contributed by atoms with Gasteiger partial charge in [-0.1, -0.05) is 6.92 Å². The van der Waals surface area contributed by atoms with Crippen LogP contribution in [0.15, 0.2) is 48.1 Å². The molecule has 0 radical (unpaired) electrons. The van der Waals surface area contributed by atoms with Crippen LogP contribution in [-0.2, 0) is 6.42 Å². The number of anilines is 2. The van der Waals surface area contributed by atoms with Crippen LogP contribution in [0.2, 0.25) is 0 Å². The number of nitrogens with zero attached hydrogens (tertiary/aromatic N) is 3. The van der Waals surface area contributed by atoms with Crippen LogP contribution in [0.1, 0.15) is 12.6 Å². The molecular weight excluding hydrogens is 342 g/mol. The lowest BCUT2D eigenvalue weighted by Crippen LogP contribution is -2.00. The fourth-order valence-corrected chi connectivity index (χ4v) is 3.67. The zero-order valence-corrected chi connectivity index (χ0v) is 14.1. The number of halogens is 2. The van der Waals surface area contributed by atoms with E-state index in [1.165, 1.54) is 35.9 Å². The fourth-order valence-electron chi connectivity index (χ4n) is 2.70. The Balaban J connectivity index is 1.92. The summed E-state index contributed by atoms with van der Waals surface area (Å²) in [6.07, 6.45) is 3.52. The van der Waals surface area contributed by atoms with Crippen LogP contribution in [0.5, 0.6) is 0 Å². The first-order chi connectivity index (χ1) is 12.2. The first-order valence-electron chi connectivity index (χ1n) is 7.78. The second-order valence-electron chi connectivity index (χ2n) is 5.50. The molecule has 4 aromatic rings. The molecule has 0 saturated carbocycles. The van der Waals surface area contributed by atoms with Crippen molar-refractivity contribution in [2.24, 2.45) is 0 Å². The summed E-state index contributed by atoms with van der Waals surface area (Å²) in [5.41, 5.74) is 2.65. The van der Waals surface area contributed by atoms with Crippen LogP contribution in [-0.4, -0.2) is 14.4 Å². The fraction of sp³-hybridized carbons (Fsp3) is 0.111. The van der Waals surface area contributed by atoms with Crippen molar-refractivity contribution in [2.45, 2.75) is 13.3 Å². The summed E-state index contributed by atoms with van der Waals surface area (Å²) in [4.78, 5) is 9.17. The Bertz CT molecular complexity index is 1040. The van der Waals surface area contributed by atoms with E-state index in [1.54, 1.807) is 18.2 Å². The highest BCUT2D eigenvalue weighted by Gasteiger charge is 2.20. The first-order valence-corrected chi connectivity index (χ1v) is 8.66. The summed E-state index contributed by atoms with van der Waals surface area (Å²) in [5.74, 6) is -0.0903. The van der Waals surface area contributed by atoms with E-state index in [0.717, 1.165) is 17.1 Å². The highest BCUT2D eigenvalue weighted by atomic mass is 32.1. The largest absolute Gasteiger partial charge is 0.339 e. The number of hydrogen-bond acceptors (Lipinski definition) is 4. The summed E-state index contributed by atoms with van der Waals surface area (Å²) < 4.78 is 29.4. The van der Waals surface area contributed by atoms with Gasteiger partial charge in [0, 0.05) is 28.5 Å². The minimum Gasteiger partial charge on any atom is -0.339 e. The van der Waals surface area contributed by atoms with Crippen LogP contribution in [0.4, 0.5) is 20.3 Å². The molecule has 1 aromatic carbocycles. The van der Waals surface area contributed by atoms with Gasteiger partial charge < -0.3 is 5.32 Å². The van der Waals surface area contributed by atoms with Crippen LogP contribution < -0.4 is 5.32 Å². The van der Waals surface area contributed by atoms with Crippen molar-refractivity contribution < 1.29 is 8.78 Å². The van der Waals surface area contributed by atoms with Gasteiger partial charge in [-0.05, 0) is 36.8 Å². The highest BCUT2D eigenvalue weighted by Crippen LogP contribution is 2.35. The Morgan fingerprint density at radius 2 is 1.96 bits per heavy atom. The maximum atomic E-state index is 14.3. The second-order valence-corrected chi connectivity index (χ2v) is 6.33. The van der Waals surface area contributed by atoms with Crippen molar-refractivity contribution in [3.63, 3.8) is 0 Å². The minimum atomic E-state index is -0.437. The predicted molar refractivity (Wildman–Crippen MR) is 95.3 cm³/mol. The van der Waals surface area contributed by atoms with Crippen molar-refractivity contribution in [3.8, 4) is 11.3 Å². The molecule has 0 fully saturated rings. The molecule has 7 heteroatoms. The van der Waals surface area contributed by atoms with E-state index in [0.29, 0.717) is 22.8 Å². The lowest BCUT2D eigenvalue weighted by molar-refractivity contribution is 0.624. The molecule has 0 unspecified atom stereocenters. The molecule has 0 saturated heterocycles. The molecule has 126 valence electrons. The number of aromatic nitrogens is 3. The molecule has 0 aliphatic carbocycles. The number of pyridine rings is 1. The van der Waals surface area contributed by atoms with Crippen LogP contribution in [0.25, 0.3) is 16.2 Å². The van der Waals surface area contributed by atoms with Crippen molar-refractivity contribution in [1.82, 2.24) is 14.4 Å². The average molecular weight is 356 g/mol. The Hall–Kier alpha value is -2.80. The number of benzene rings is 1. The molecule has 0 atom stereocenters. The molecule has 25 heavy (non-hydrogen) atoms. The third kappa shape index (κ3) is 2.76. The summed E-state index contributed by atoms with van der Waals surface area (Å²) in [5, 5.41) is 5.30. The van der Waals surface area contributed by atoms with Gasteiger partial charge in [0.1, 0.15) is 17.3 Å². The summed E-state index contributed by atoms with van der Waals surface area (Å²) >= 11 is 1.50. The van der Waals surface area contributed by atoms with E-state index in [9.17, 15) is 8.78 Å². The first kappa shape index (κ1) is 15.7. The van der Waals surface area contributed by atoms with Gasteiger partial charge in [0.2, 0.25) is 0 Å². The lowest BCUT2D eigenvalue weighted by atomic mass is 10.2. The third-order valence-corrected chi connectivity index (χ3v) is 4.81. The second kappa shape index (κ2) is 6.25. The van der Waals surface area contributed by atoms with E-state index < -0.39 is 5.82 Å². The Labute approximate surface area is 146 Å². The summed E-state index contributed by atoms with van der Waals surface area (Å²) in [6, 6.07) is 7.63. The predicted octanol–water partition coefficient (Wildman–Crippen LogP) is 5.04. The maximum Gasteiger partial charge on any atom is 0.196 e. The van der Waals surface area contributed by atoms with Gasteiger partial charge in [-0.3, -0.25) is 9.38 Å². The van der Waals surface area contributed by atoms with Gasteiger partial charge in [-0.2, -0.15) is 0 Å². The Morgan fingerprint density at radius 3 is 2.68 bits per heavy atom. The SMILES string of the molecule is CCc1csc2nc(-c3ccncc3F)c(Nc3ccc(F)cc3)n12. The quantitative estimate of drug-likeness (QED) is 0.557. The molecule has 4 rings (SSSR count). The van der Waals surface area contributed by atoms with Crippen LogP contribution in [0.3, 0.4) is 0 Å². The number of aryl methyl sites for hydroxylation is 1. The maximum absolute atomic E-state index is 14.3. The van der Waals surface area contributed by atoms with E-state index in [1.807, 2.05) is 9.78 Å². The molecule has 3 aromatic heterocycles. The van der Waals surface area contributed by atoms with Crippen molar-refractivity contribution in [3.05, 3.63) is 65.4 Å². The van der Waals surface area contributed by atoms with Crippen LogP contribution in [0, 0.1) is 11.6 Å². The molecule has 0 bridgehead atoms. The molecular formula is C18H14F2N4S. The number of nitrogens with one attached hydrogen (secondary N) is 1. The van der Waals surface area contributed by atoms with Crippen molar-refractivity contribution in [2.75, 3.05) is 5.32 Å². The lowest BCUT2D eigenvalue weighted by Gasteiger charge is -2.10. The summed E-state index contributed by atoms with van der Waals surface area (Å²) in [6.45, 7) is 2.05. The smallest absolute Gasteiger partial charge is 0.196 e.